The smallest absolute Gasteiger partial charge is 0.147 e. The van der Waals surface area contributed by atoms with Gasteiger partial charge in [0.25, 0.3) is 0 Å². The van der Waals surface area contributed by atoms with Gasteiger partial charge in [-0.05, 0) is 69.3 Å². The predicted octanol–water partition coefficient (Wildman–Crippen LogP) is 4.62. The average molecular weight is 379 g/mol. The Hall–Kier alpha value is -0.0600. The normalized spacial score (nSPS) is 10.9. The maximum absolute atomic E-state index is 5.74. The zero-order chi connectivity index (χ0) is 13.4. The first-order valence-electron chi connectivity index (χ1n) is 6.38. The molecule has 0 atom stereocenters. The lowest BCUT2D eigenvalue weighted by Gasteiger charge is -2.11. The van der Waals surface area contributed by atoms with E-state index in [2.05, 4.69) is 51.0 Å². The second-order valence-corrected chi connectivity index (χ2v) is 6.39. The summed E-state index contributed by atoms with van der Waals surface area (Å²) in [5.41, 5.74) is 0. The molecule has 1 aromatic carbocycles. The zero-order valence-electron chi connectivity index (χ0n) is 11.0. The van der Waals surface area contributed by atoms with Crippen LogP contribution in [-0.4, -0.2) is 19.7 Å². The molecule has 4 heteroatoms. The Labute approximate surface area is 127 Å². The van der Waals surface area contributed by atoms with Crippen LogP contribution in [0, 0.1) is 5.92 Å². The number of halogens is 2. The summed E-state index contributed by atoms with van der Waals surface area (Å²) in [6, 6.07) is 5.94. The first-order chi connectivity index (χ1) is 8.61. The Morgan fingerprint density at radius 2 is 1.83 bits per heavy atom. The van der Waals surface area contributed by atoms with Crippen LogP contribution in [0.4, 0.5) is 0 Å². The molecule has 102 valence electrons. The Morgan fingerprint density at radius 1 is 1.17 bits per heavy atom. The number of nitrogens with one attached hydrogen (secondary N) is 1. The second-order valence-electron chi connectivity index (χ2n) is 4.69. The molecule has 0 amide bonds. The van der Waals surface area contributed by atoms with Crippen LogP contribution in [-0.2, 0) is 0 Å². The van der Waals surface area contributed by atoms with E-state index in [9.17, 15) is 0 Å². The number of benzene rings is 1. The Bertz CT molecular complexity index is 335. The van der Waals surface area contributed by atoms with Crippen molar-refractivity contribution in [3.8, 4) is 5.75 Å². The fraction of sp³-hybridized carbons (Fsp3) is 0.571. The Balaban J connectivity index is 2.14. The van der Waals surface area contributed by atoms with Gasteiger partial charge in [0.2, 0.25) is 0 Å². The molecule has 0 bridgehead atoms. The molecule has 0 aliphatic carbocycles. The fourth-order valence-corrected chi connectivity index (χ4v) is 2.83. The molecule has 0 saturated carbocycles. The highest BCUT2D eigenvalue weighted by molar-refractivity contribution is 9.11. The van der Waals surface area contributed by atoms with E-state index in [4.69, 9.17) is 4.74 Å². The standard InChI is InChI=1S/C14H21Br2NO/c1-11(2)5-4-8-17-9-10-18-14-12(15)6-3-7-13(14)16/h3,6-7,11,17H,4-5,8-10H2,1-2H3. The molecule has 0 unspecified atom stereocenters. The predicted molar refractivity (Wildman–Crippen MR) is 84.3 cm³/mol. The first-order valence-corrected chi connectivity index (χ1v) is 7.97. The monoisotopic (exact) mass is 377 g/mol. The number of ether oxygens (including phenoxy) is 1. The van der Waals surface area contributed by atoms with E-state index in [0.717, 1.165) is 33.7 Å². The van der Waals surface area contributed by atoms with E-state index in [1.807, 2.05) is 18.2 Å². The lowest BCUT2D eigenvalue weighted by Crippen LogP contribution is -2.22. The maximum atomic E-state index is 5.74. The van der Waals surface area contributed by atoms with E-state index in [1.54, 1.807) is 0 Å². The van der Waals surface area contributed by atoms with Crippen molar-refractivity contribution < 1.29 is 4.74 Å². The highest BCUT2D eigenvalue weighted by atomic mass is 79.9. The van der Waals surface area contributed by atoms with Crippen molar-refractivity contribution in [3.05, 3.63) is 27.1 Å². The van der Waals surface area contributed by atoms with Crippen LogP contribution in [0.5, 0.6) is 5.75 Å². The summed E-state index contributed by atoms with van der Waals surface area (Å²) >= 11 is 6.96. The van der Waals surface area contributed by atoms with Crippen LogP contribution < -0.4 is 10.1 Å². The van der Waals surface area contributed by atoms with Crippen LogP contribution in [0.1, 0.15) is 26.7 Å². The highest BCUT2D eigenvalue weighted by Gasteiger charge is 2.04. The van der Waals surface area contributed by atoms with Crippen molar-refractivity contribution in [1.82, 2.24) is 5.32 Å². The summed E-state index contributed by atoms with van der Waals surface area (Å²) < 4.78 is 7.71. The largest absolute Gasteiger partial charge is 0.490 e. The lowest BCUT2D eigenvalue weighted by molar-refractivity contribution is 0.309. The number of rotatable bonds is 8. The Morgan fingerprint density at radius 3 is 2.44 bits per heavy atom. The van der Waals surface area contributed by atoms with Crippen LogP contribution in [0.25, 0.3) is 0 Å². The van der Waals surface area contributed by atoms with Crippen molar-refractivity contribution in [2.24, 2.45) is 5.92 Å². The van der Waals surface area contributed by atoms with Crippen molar-refractivity contribution >= 4 is 31.9 Å². The third-order valence-electron chi connectivity index (χ3n) is 2.58. The number of para-hydroxylation sites is 1. The van der Waals surface area contributed by atoms with Gasteiger partial charge in [-0.3, -0.25) is 0 Å². The van der Waals surface area contributed by atoms with E-state index >= 15 is 0 Å². The van der Waals surface area contributed by atoms with Crippen LogP contribution in [0.2, 0.25) is 0 Å². The molecule has 0 radical (unpaired) electrons. The molecule has 0 fully saturated rings. The summed E-state index contributed by atoms with van der Waals surface area (Å²) in [6.07, 6.45) is 2.51. The summed E-state index contributed by atoms with van der Waals surface area (Å²) in [5.74, 6) is 1.67. The van der Waals surface area contributed by atoms with Crippen molar-refractivity contribution in [2.75, 3.05) is 19.7 Å². The minimum Gasteiger partial charge on any atom is -0.490 e. The van der Waals surface area contributed by atoms with Gasteiger partial charge < -0.3 is 10.1 Å². The third-order valence-corrected chi connectivity index (χ3v) is 3.83. The molecule has 0 aliphatic rings. The third kappa shape index (κ3) is 6.21. The van der Waals surface area contributed by atoms with Crippen molar-refractivity contribution in [3.63, 3.8) is 0 Å². The van der Waals surface area contributed by atoms with Crippen LogP contribution in [0.3, 0.4) is 0 Å². The summed E-state index contributed by atoms with van der Waals surface area (Å²) in [6.45, 7) is 7.15. The molecule has 0 heterocycles. The SMILES string of the molecule is CC(C)CCCNCCOc1c(Br)cccc1Br. The van der Waals surface area contributed by atoms with Gasteiger partial charge in [-0.1, -0.05) is 19.9 Å². The molecule has 0 aliphatic heterocycles. The van der Waals surface area contributed by atoms with E-state index in [0.29, 0.717) is 6.61 Å². The lowest BCUT2D eigenvalue weighted by atomic mass is 10.1. The fourth-order valence-electron chi connectivity index (χ4n) is 1.61. The quantitative estimate of drug-likeness (QED) is 0.666. The number of hydrogen-bond acceptors (Lipinski definition) is 2. The van der Waals surface area contributed by atoms with Gasteiger partial charge in [0.1, 0.15) is 12.4 Å². The Kier molecular flexibility index (Phi) is 7.95. The zero-order valence-corrected chi connectivity index (χ0v) is 14.2. The first kappa shape index (κ1) is 16.0. The van der Waals surface area contributed by atoms with Crippen LogP contribution in [0.15, 0.2) is 27.1 Å². The highest BCUT2D eigenvalue weighted by Crippen LogP contribution is 2.32. The van der Waals surface area contributed by atoms with Crippen molar-refractivity contribution in [1.29, 1.82) is 0 Å². The second kappa shape index (κ2) is 8.94. The molecule has 1 rings (SSSR count). The van der Waals surface area contributed by atoms with Gasteiger partial charge in [-0.2, -0.15) is 0 Å². The van der Waals surface area contributed by atoms with Crippen molar-refractivity contribution in [2.45, 2.75) is 26.7 Å². The van der Waals surface area contributed by atoms with Gasteiger partial charge in [-0.15, -0.1) is 0 Å². The average Bonchev–Trinajstić information content (AvgIpc) is 2.30. The van der Waals surface area contributed by atoms with E-state index in [-0.39, 0.29) is 0 Å². The summed E-state index contributed by atoms with van der Waals surface area (Å²) in [5, 5.41) is 3.39. The maximum Gasteiger partial charge on any atom is 0.147 e. The molecule has 0 spiro atoms. The van der Waals surface area contributed by atoms with Crippen LogP contribution >= 0.6 is 31.9 Å². The molecule has 2 nitrogen and oxygen atoms in total. The van der Waals surface area contributed by atoms with E-state index in [1.165, 1.54) is 12.8 Å². The number of hydrogen-bond donors (Lipinski definition) is 1. The van der Waals surface area contributed by atoms with Gasteiger partial charge in [0.15, 0.2) is 0 Å². The summed E-state index contributed by atoms with van der Waals surface area (Å²) in [4.78, 5) is 0. The topological polar surface area (TPSA) is 21.3 Å². The minimum absolute atomic E-state index is 0.683. The molecule has 0 saturated heterocycles. The molecular formula is C14H21Br2NO. The van der Waals surface area contributed by atoms with Gasteiger partial charge >= 0.3 is 0 Å². The molecule has 1 N–H and O–H groups in total. The van der Waals surface area contributed by atoms with Gasteiger partial charge in [-0.25, -0.2) is 0 Å². The molecule has 1 aromatic rings. The molecule has 0 aromatic heterocycles. The summed E-state index contributed by atoms with van der Waals surface area (Å²) in [7, 11) is 0. The molecular weight excluding hydrogens is 358 g/mol. The van der Waals surface area contributed by atoms with Gasteiger partial charge in [0, 0.05) is 6.54 Å². The van der Waals surface area contributed by atoms with Gasteiger partial charge in [0.05, 0.1) is 8.95 Å². The minimum atomic E-state index is 0.683. The van der Waals surface area contributed by atoms with E-state index < -0.39 is 0 Å². The molecule has 18 heavy (non-hydrogen) atoms.